The second kappa shape index (κ2) is 10.3. The van der Waals surface area contributed by atoms with Crippen molar-refractivity contribution in [2.75, 3.05) is 26.3 Å². The van der Waals surface area contributed by atoms with Crippen LogP contribution < -0.4 is 4.74 Å². The molecule has 2 saturated heterocycles. The normalized spacial score (nSPS) is 19.7. The number of sulfonamides is 1. The van der Waals surface area contributed by atoms with Gasteiger partial charge in [0.15, 0.2) is 0 Å². The molecule has 2 aromatic rings. The summed E-state index contributed by atoms with van der Waals surface area (Å²) in [6.45, 7) is 4.03. The van der Waals surface area contributed by atoms with E-state index < -0.39 is 22.2 Å². The number of alkyl halides is 3. The van der Waals surface area contributed by atoms with Gasteiger partial charge in [-0.1, -0.05) is 17.7 Å². The van der Waals surface area contributed by atoms with Crippen LogP contribution in [-0.4, -0.2) is 66.9 Å². The van der Waals surface area contributed by atoms with E-state index in [1.807, 2.05) is 31.2 Å². The Morgan fingerprint density at radius 1 is 1.26 bits per heavy atom. The Labute approximate surface area is 195 Å². The largest absolute Gasteiger partial charge is 0.492 e. The molecule has 8 nitrogen and oxygen atoms in total. The van der Waals surface area contributed by atoms with Gasteiger partial charge in [-0.15, -0.1) is 0 Å². The fourth-order valence-corrected chi connectivity index (χ4v) is 5.43. The Balaban J connectivity index is 0.000000406. The molecule has 0 aliphatic carbocycles. The smallest absolute Gasteiger partial charge is 0.490 e. The summed E-state index contributed by atoms with van der Waals surface area (Å²) in [5, 5.41) is 7.12. The third-order valence-electron chi connectivity index (χ3n) is 5.76. The van der Waals surface area contributed by atoms with Crippen LogP contribution in [-0.2, 0) is 19.6 Å². The Morgan fingerprint density at radius 3 is 2.47 bits per heavy atom. The number of hydrogen-bond acceptors (Lipinski definition) is 6. The van der Waals surface area contributed by atoms with Crippen LogP contribution in [0.15, 0.2) is 53.7 Å². The summed E-state index contributed by atoms with van der Waals surface area (Å²) in [4.78, 5) is 13.3. The maximum Gasteiger partial charge on any atom is 0.490 e. The van der Waals surface area contributed by atoms with Gasteiger partial charge in [-0.3, -0.25) is 4.98 Å². The third kappa shape index (κ3) is 6.05. The fraction of sp³-hybridized carbons (Fsp3) is 0.455. The third-order valence-corrected chi connectivity index (χ3v) is 7.56. The summed E-state index contributed by atoms with van der Waals surface area (Å²) in [6, 6.07) is 10.7. The zero-order valence-corrected chi connectivity index (χ0v) is 19.2. The van der Waals surface area contributed by atoms with Gasteiger partial charge in [0.25, 0.3) is 0 Å². The summed E-state index contributed by atoms with van der Waals surface area (Å²) in [7, 11) is -3.46. The number of benzene rings is 1. The van der Waals surface area contributed by atoms with E-state index in [-0.39, 0.29) is 5.60 Å². The molecule has 1 aromatic carbocycles. The number of carboxylic acids is 1. The van der Waals surface area contributed by atoms with E-state index in [4.69, 9.17) is 19.4 Å². The molecule has 0 amide bonds. The molecular weight excluding hydrogens is 477 g/mol. The summed E-state index contributed by atoms with van der Waals surface area (Å²) in [5.41, 5.74) is 0.678. The van der Waals surface area contributed by atoms with Gasteiger partial charge in [-0.2, -0.15) is 17.5 Å². The minimum atomic E-state index is -5.08. The maximum absolute atomic E-state index is 12.8. The molecule has 0 radical (unpaired) electrons. The minimum Gasteiger partial charge on any atom is -0.492 e. The molecule has 12 heteroatoms. The van der Waals surface area contributed by atoms with Gasteiger partial charge < -0.3 is 14.6 Å². The molecule has 186 valence electrons. The van der Waals surface area contributed by atoms with Crippen molar-refractivity contribution in [2.24, 2.45) is 5.92 Å². The van der Waals surface area contributed by atoms with Gasteiger partial charge in [-0.25, -0.2) is 13.2 Å². The summed E-state index contributed by atoms with van der Waals surface area (Å²) in [6.07, 6.45) is 0.104. The Bertz CT molecular complexity index is 1070. The first-order chi connectivity index (χ1) is 15.9. The molecule has 1 aromatic heterocycles. The van der Waals surface area contributed by atoms with E-state index in [1.54, 1.807) is 24.5 Å². The van der Waals surface area contributed by atoms with Crippen molar-refractivity contribution in [1.29, 1.82) is 0 Å². The van der Waals surface area contributed by atoms with Crippen LogP contribution in [0.3, 0.4) is 0 Å². The first-order valence-electron chi connectivity index (χ1n) is 10.5. The van der Waals surface area contributed by atoms with E-state index in [0.29, 0.717) is 37.1 Å². The molecule has 2 fully saturated rings. The van der Waals surface area contributed by atoms with Gasteiger partial charge in [-0.05, 0) is 49.9 Å². The van der Waals surface area contributed by atoms with Crippen molar-refractivity contribution >= 4 is 16.0 Å². The van der Waals surface area contributed by atoms with Gasteiger partial charge >= 0.3 is 12.1 Å². The van der Waals surface area contributed by atoms with Crippen LogP contribution in [0.4, 0.5) is 13.2 Å². The second-order valence-corrected chi connectivity index (χ2v) is 10.1. The van der Waals surface area contributed by atoms with E-state index in [0.717, 1.165) is 24.2 Å². The van der Waals surface area contributed by atoms with Crippen molar-refractivity contribution in [1.82, 2.24) is 9.29 Å². The predicted molar refractivity (Wildman–Crippen MR) is 115 cm³/mol. The van der Waals surface area contributed by atoms with Gasteiger partial charge in [0, 0.05) is 25.9 Å². The van der Waals surface area contributed by atoms with Crippen LogP contribution in [0, 0.1) is 12.8 Å². The molecule has 1 unspecified atom stereocenters. The quantitative estimate of drug-likeness (QED) is 0.646. The molecule has 3 heterocycles. The summed E-state index contributed by atoms with van der Waals surface area (Å²) < 4.78 is 70.6. The number of aliphatic carboxylic acids is 1. The first kappa shape index (κ1) is 25.9. The second-order valence-electron chi connectivity index (χ2n) is 8.11. The topological polar surface area (TPSA) is 106 Å². The van der Waals surface area contributed by atoms with Gasteiger partial charge in [0.1, 0.15) is 5.75 Å². The Kier molecular flexibility index (Phi) is 7.84. The number of aryl methyl sites for hydroxylation is 1. The average Bonchev–Trinajstić information content (AvgIpc) is 3.18. The first-order valence-corrected chi connectivity index (χ1v) is 11.9. The van der Waals surface area contributed by atoms with Crippen molar-refractivity contribution in [3.05, 3.63) is 54.4 Å². The number of ether oxygens (including phenoxy) is 2. The standard InChI is InChI=1S/C20H24N2O4S.C2HF3O2/c1-16-4-6-19(7-5-16)27(23,24)22-14-20(15-22)17(9-12-26-20)8-11-25-18-3-2-10-21-13-18;3-2(4,5)1(6)7/h2-7,10,13,17H,8-9,11-12,14-15H2,1H3;(H,6,7). The van der Waals surface area contributed by atoms with Crippen LogP contribution in [0.1, 0.15) is 18.4 Å². The fourth-order valence-electron chi connectivity index (χ4n) is 3.87. The molecule has 1 atom stereocenters. The lowest BCUT2D eigenvalue weighted by Gasteiger charge is -2.49. The number of hydrogen-bond donors (Lipinski definition) is 1. The number of carboxylic acid groups (broad SMARTS) is 1. The van der Waals surface area contributed by atoms with E-state index in [9.17, 15) is 21.6 Å². The highest BCUT2D eigenvalue weighted by molar-refractivity contribution is 7.89. The molecule has 1 spiro atoms. The van der Waals surface area contributed by atoms with Crippen molar-refractivity contribution in [2.45, 2.75) is 36.4 Å². The molecule has 0 bridgehead atoms. The minimum absolute atomic E-state index is 0.304. The van der Waals surface area contributed by atoms with E-state index in [1.165, 1.54) is 4.31 Å². The Hall–Kier alpha value is -2.70. The monoisotopic (exact) mass is 502 g/mol. The highest BCUT2D eigenvalue weighted by atomic mass is 32.2. The maximum atomic E-state index is 12.8. The zero-order valence-electron chi connectivity index (χ0n) is 18.4. The highest BCUT2D eigenvalue weighted by Crippen LogP contribution is 2.43. The molecule has 1 N–H and O–H groups in total. The van der Waals surface area contributed by atoms with Gasteiger partial charge in [0.2, 0.25) is 10.0 Å². The molecule has 34 heavy (non-hydrogen) atoms. The van der Waals surface area contributed by atoms with Crippen LogP contribution >= 0.6 is 0 Å². The van der Waals surface area contributed by atoms with Crippen molar-refractivity contribution < 1.29 is 41.0 Å². The highest BCUT2D eigenvalue weighted by Gasteiger charge is 2.56. The number of halogens is 3. The van der Waals surface area contributed by atoms with Crippen LogP contribution in [0.5, 0.6) is 5.75 Å². The summed E-state index contributed by atoms with van der Waals surface area (Å²) in [5.74, 6) is -1.70. The average molecular weight is 503 g/mol. The number of aromatic nitrogens is 1. The number of rotatable bonds is 6. The van der Waals surface area contributed by atoms with Crippen LogP contribution in [0.2, 0.25) is 0 Å². The van der Waals surface area contributed by atoms with E-state index in [2.05, 4.69) is 4.98 Å². The lowest BCUT2D eigenvalue weighted by Crippen LogP contribution is -2.66. The number of carbonyl (C=O) groups is 1. The lowest BCUT2D eigenvalue weighted by atomic mass is 9.80. The van der Waals surface area contributed by atoms with Gasteiger partial charge in [0.05, 0.1) is 23.3 Å². The molecular formula is C22H25F3N2O6S. The zero-order chi connectivity index (χ0) is 25.0. The van der Waals surface area contributed by atoms with E-state index >= 15 is 0 Å². The Morgan fingerprint density at radius 2 is 1.91 bits per heavy atom. The molecule has 0 saturated carbocycles. The van der Waals surface area contributed by atoms with Crippen molar-refractivity contribution in [3.8, 4) is 5.75 Å². The molecule has 4 rings (SSSR count). The predicted octanol–water partition coefficient (Wildman–Crippen LogP) is 3.27. The summed E-state index contributed by atoms with van der Waals surface area (Å²) >= 11 is 0. The molecule has 2 aliphatic heterocycles. The van der Waals surface area contributed by atoms with Crippen LogP contribution in [0.25, 0.3) is 0 Å². The SMILES string of the molecule is Cc1ccc(S(=O)(=O)N2CC3(C2)OCCC3CCOc2cccnc2)cc1.O=C(O)C(F)(F)F. The number of nitrogens with zero attached hydrogens (tertiary/aromatic N) is 2. The lowest BCUT2D eigenvalue weighted by molar-refractivity contribution is -0.192. The molecule has 2 aliphatic rings. The van der Waals surface area contributed by atoms with Crippen molar-refractivity contribution in [3.63, 3.8) is 0 Å². The number of pyridine rings is 1.